The lowest BCUT2D eigenvalue weighted by molar-refractivity contribution is -0.117. The molecule has 136 valence electrons. The fourth-order valence-electron chi connectivity index (χ4n) is 2.54. The first kappa shape index (κ1) is 18.1. The first-order chi connectivity index (χ1) is 13.1. The summed E-state index contributed by atoms with van der Waals surface area (Å²) in [6.07, 6.45) is 4.96. The third kappa shape index (κ3) is 4.12. The number of esters is 1. The van der Waals surface area contributed by atoms with E-state index in [-0.39, 0.29) is 12.2 Å². The van der Waals surface area contributed by atoms with Gasteiger partial charge in [0.15, 0.2) is 0 Å². The van der Waals surface area contributed by atoms with Crippen LogP contribution in [0.15, 0.2) is 72.3 Å². The number of nitrogens with one attached hydrogen (secondary N) is 1. The normalized spacial score (nSPS) is 15.4. The topological polar surface area (TPSA) is 75.7 Å². The summed E-state index contributed by atoms with van der Waals surface area (Å²) in [5.74, 6) is -1.37. The Morgan fingerprint density at radius 3 is 2.44 bits per heavy atom. The Hall–Kier alpha value is -3.67. The van der Waals surface area contributed by atoms with Gasteiger partial charge in [-0.15, -0.1) is 0 Å². The molecule has 0 radical (unpaired) electrons. The highest BCUT2D eigenvalue weighted by Gasteiger charge is 2.34. The molecule has 1 aliphatic heterocycles. The molecule has 0 unspecified atom stereocenters. The number of rotatable bonds is 5. The summed E-state index contributed by atoms with van der Waals surface area (Å²) in [4.78, 5) is 36.3. The van der Waals surface area contributed by atoms with Gasteiger partial charge in [-0.2, -0.15) is 0 Å². The Kier molecular flexibility index (Phi) is 5.47. The van der Waals surface area contributed by atoms with Gasteiger partial charge in [-0.05, 0) is 42.8 Å². The third-order valence-corrected chi connectivity index (χ3v) is 3.88. The summed E-state index contributed by atoms with van der Waals surface area (Å²) in [5.41, 5.74) is 4.35. The summed E-state index contributed by atoms with van der Waals surface area (Å²) < 4.78 is 4.92. The highest BCUT2D eigenvalue weighted by atomic mass is 16.5. The minimum absolute atomic E-state index is 0.0386. The molecule has 6 nitrogen and oxygen atoms in total. The molecule has 0 aliphatic carbocycles. The van der Waals surface area contributed by atoms with Crippen molar-refractivity contribution >= 4 is 29.5 Å². The van der Waals surface area contributed by atoms with E-state index < -0.39 is 17.8 Å². The summed E-state index contributed by atoms with van der Waals surface area (Å²) in [7, 11) is 0. The van der Waals surface area contributed by atoms with Crippen LogP contribution in [0.3, 0.4) is 0 Å². The van der Waals surface area contributed by atoms with E-state index >= 15 is 0 Å². The van der Waals surface area contributed by atoms with Crippen LogP contribution in [-0.2, 0) is 14.3 Å². The van der Waals surface area contributed by atoms with Crippen LogP contribution in [0, 0.1) is 0 Å². The number of carbonyl (C=O) groups excluding carboxylic acids is 3. The van der Waals surface area contributed by atoms with Crippen molar-refractivity contribution < 1.29 is 19.1 Å². The second kappa shape index (κ2) is 8.14. The molecule has 1 N–H and O–H groups in total. The fraction of sp³-hybridized carbons (Fsp3) is 0.0952. The number of hydrazine groups is 1. The monoisotopic (exact) mass is 362 g/mol. The van der Waals surface area contributed by atoms with Crippen LogP contribution in [0.1, 0.15) is 22.8 Å². The lowest BCUT2D eigenvalue weighted by Crippen LogP contribution is -2.35. The standard InChI is InChI=1S/C21H18N2O4/c1-2-27-21(26)16-11-13-17(14-12-16)23-20(25)18(19(24)22-23)10-6-9-15-7-4-3-5-8-15/h3-14H,2H2,1H3,(H,22,24). The van der Waals surface area contributed by atoms with Crippen molar-refractivity contribution in [3.63, 3.8) is 0 Å². The zero-order valence-electron chi connectivity index (χ0n) is 14.7. The Morgan fingerprint density at radius 2 is 1.78 bits per heavy atom. The molecule has 3 rings (SSSR count). The van der Waals surface area contributed by atoms with Crippen molar-refractivity contribution in [3.05, 3.63) is 83.4 Å². The average Bonchev–Trinajstić information content (AvgIpc) is 2.97. The Morgan fingerprint density at radius 1 is 1.07 bits per heavy atom. The van der Waals surface area contributed by atoms with Gasteiger partial charge in [-0.1, -0.05) is 42.5 Å². The van der Waals surface area contributed by atoms with Crippen LogP contribution in [-0.4, -0.2) is 24.4 Å². The number of benzene rings is 2. The number of carbonyl (C=O) groups is 3. The van der Waals surface area contributed by atoms with E-state index in [0.717, 1.165) is 10.6 Å². The van der Waals surface area contributed by atoms with E-state index in [2.05, 4.69) is 5.43 Å². The van der Waals surface area contributed by atoms with E-state index in [4.69, 9.17) is 4.74 Å². The van der Waals surface area contributed by atoms with Gasteiger partial charge in [-0.25, -0.2) is 9.80 Å². The van der Waals surface area contributed by atoms with E-state index in [1.54, 1.807) is 37.3 Å². The second-order valence-electron chi connectivity index (χ2n) is 5.70. The molecule has 2 amide bonds. The maximum absolute atomic E-state index is 12.5. The molecule has 1 aliphatic rings. The van der Waals surface area contributed by atoms with Gasteiger partial charge in [-0.3, -0.25) is 15.0 Å². The average molecular weight is 362 g/mol. The van der Waals surface area contributed by atoms with E-state index in [1.165, 1.54) is 6.08 Å². The van der Waals surface area contributed by atoms with Crippen molar-refractivity contribution in [3.8, 4) is 0 Å². The van der Waals surface area contributed by atoms with Gasteiger partial charge >= 0.3 is 5.97 Å². The predicted molar refractivity (Wildman–Crippen MR) is 102 cm³/mol. The van der Waals surface area contributed by atoms with E-state index in [1.807, 2.05) is 36.4 Å². The molecule has 1 heterocycles. The van der Waals surface area contributed by atoms with Crippen molar-refractivity contribution in [1.29, 1.82) is 0 Å². The minimum atomic E-state index is -0.479. The van der Waals surface area contributed by atoms with Crippen LogP contribution in [0.25, 0.3) is 6.08 Å². The van der Waals surface area contributed by atoms with Crippen LogP contribution >= 0.6 is 0 Å². The quantitative estimate of drug-likeness (QED) is 0.504. The first-order valence-electron chi connectivity index (χ1n) is 8.46. The molecule has 27 heavy (non-hydrogen) atoms. The molecule has 0 atom stereocenters. The summed E-state index contributed by atoms with van der Waals surface area (Å²) in [5, 5.41) is 1.15. The van der Waals surface area contributed by atoms with E-state index in [0.29, 0.717) is 11.3 Å². The number of anilines is 1. The molecular formula is C21H18N2O4. The van der Waals surface area contributed by atoms with Crippen molar-refractivity contribution in [2.24, 2.45) is 0 Å². The van der Waals surface area contributed by atoms with Crippen LogP contribution in [0.4, 0.5) is 5.69 Å². The number of nitrogens with zero attached hydrogens (tertiary/aromatic N) is 1. The Bertz CT molecular complexity index is 915. The first-order valence-corrected chi connectivity index (χ1v) is 8.46. The molecule has 2 aromatic carbocycles. The van der Waals surface area contributed by atoms with Crippen molar-refractivity contribution in [2.75, 3.05) is 11.6 Å². The van der Waals surface area contributed by atoms with Crippen molar-refractivity contribution in [1.82, 2.24) is 5.43 Å². The largest absolute Gasteiger partial charge is 0.462 e. The van der Waals surface area contributed by atoms with Gasteiger partial charge in [0.25, 0.3) is 11.8 Å². The van der Waals surface area contributed by atoms with Crippen LogP contribution < -0.4 is 10.4 Å². The third-order valence-electron chi connectivity index (χ3n) is 3.88. The van der Waals surface area contributed by atoms with Gasteiger partial charge < -0.3 is 4.74 Å². The van der Waals surface area contributed by atoms with Crippen molar-refractivity contribution in [2.45, 2.75) is 6.92 Å². The molecular weight excluding hydrogens is 344 g/mol. The molecule has 0 aromatic heterocycles. The fourth-order valence-corrected chi connectivity index (χ4v) is 2.54. The molecule has 0 bridgehead atoms. The molecule has 1 fully saturated rings. The minimum Gasteiger partial charge on any atom is -0.462 e. The molecule has 1 saturated heterocycles. The van der Waals surface area contributed by atoms with Gasteiger partial charge in [0.2, 0.25) is 0 Å². The van der Waals surface area contributed by atoms with E-state index in [9.17, 15) is 14.4 Å². The summed E-state index contributed by atoms with van der Waals surface area (Å²) in [6.45, 7) is 2.01. The zero-order chi connectivity index (χ0) is 19.2. The smallest absolute Gasteiger partial charge is 0.338 e. The van der Waals surface area contributed by atoms with Crippen LogP contribution in [0.5, 0.6) is 0 Å². The Labute approximate surface area is 156 Å². The summed E-state index contributed by atoms with van der Waals surface area (Å²) in [6, 6.07) is 15.8. The number of hydrogen-bond acceptors (Lipinski definition) is 4. The molecule has 6 heteroatoms. The number of hydrogen-bond donors (Lipinski definition) is 1. The number of allylic oxidation sites excluding steroid dienone is 2. The number of ether oxygens (including phenoxy) is 1. The zero-order valence-corrected chi connectivity index (χ0v) is 14.7. The van der Waals surface area contributed by atoms with Gasteiger partial charge in [0.05, 0.1) is 17.9 Å². The van der Waals surface area contributed by atoms with Gasteiger partial charge in [0, 0.05) is 0 Å². The van der Waals surface area contributed by atoms with Crippen LogP contribution in [0.2, 0.25) is 0 Å². The maximum Gasteiger partial charge on any atom is 0.338 e. The SMILES string of the molecule is CCOC(=O)c1ccc(N2NC(=O)C(=CC=Cc3ccccc3)C2=O)cc1. The molecule has 0 saturated carbocycles. The Balaban J connectivity index is 1.75. The highest BCUT2D eigenvalue weighted by Crippen LogP contribution is 2.21. The van der Waals surface area contributed by atoms with Gasteiger partial charge in [0.1, 0.15) is 5.57 Å². The molecule has 0 spiro atoms. The lowest BCUT2D eigenvalue weighted by atomic mass is 10.1. The maximum atomic E-state index is 12.5. The summed E-state index contributed by atoms with van der Waals surface area (Å²) >= 11 is 0. The highest BCUT2D eigenvalue weighted by molar-refractivity contribution is 6.29. The second-order valence-corrected chi connectivity index (χ2v) is 5.70. The number of amides is 2. The lowest BCUT2D eigenvalue weighted by Gasteiger charge is -2.14. The predicted octanol–water partition coefficient (Wildman–Crippen LogP) is 2.88. The molecule has 2 aromatic rings.